The van der Waals surface area contributed by atoms with Gasteiger partial charge in [0.25, 0.3) is 0 Å². The van der Waals surface area contributed by atoms with E-state index >= 15 is 0 Å². The molecule has 11 heteroatoms. The van der Waals surface area contributed by atoms with Crippen LogP contribution in [0.5, 0.6) is 0 Å². The minimum Gasteiger partial charge on any atom is -0.394 e. The molecule has 1 aliphatic rings. The lowest BCUT2D eigenvalue weighted by Gasteiger charge is -2.40. The van der Waals surface area contributed by atoms with Crippen LogP contribution in [0.4, 0.5) is 0 Å². The van der Waals surface area contributed by atoms with E-state index in [0.717, 1.165) is 0 Å². The quantitative estimate of drug-likeness (QED) is 0.203. The third-order valence-electron chi connectivity index (χ3n) is 3.61. The average Bonchev–Trinajstić information content (AvgIpc) is 2.56. The molecule has 11 nitrogen and oxygen atoms in total. The molecule has 0 aromatic heterocycles. The van der Waals surface area contributed by atoms with E-state index in [4.69, 9.17) is 19.7 Å². The molecule has 9 N–H and O–H groups in total. The Morgan fingerprint density at radius 2 is 1.39 bits per heavy atom. The molecule has 0 saturated carbocycles. The van der Waals surface area contributed by atoms with E-state index in [1.54, 1.807) is 0 Å². The largest absolute Gasteiger partial charge is 0.394 e. The molecule has 4 unspecified atom stereocenters. The zero-order chi connectivity index (χ0) is 17.7. The van der Waals surface area contributed by atoms with Gasteiger partial charge in [0.15, 0.2) is 6.29 Å². The molecule has 0 spiro atoms. The summed E-state index contributed by atoms with van der Waals surface area (Å²) in [5, 5.41) is 84.4. The van der Waals surface area contributed by atoms with Crippen LogP contribution in [0.25, 0.3) is 0 Å². The van der Waals surface area contributed by atoms with Gasteiger partial charge >= 0.3 is 0 Å². The summed E-state index contributed by atoms with van der Waals surface area (Å²) in [6.07, 6.45) is -14.7. The van der Waals surface area contributed by atoms with Gasteiger partial charge in [-0.3, -0.25) is 0 Å². The zero-order valence-electron chi connectivity index (χ0n) is 12.2. The molecular formula is C12H24O11. The molecule has 0 bridgehead atoms. The Kier molecular flexibility index (Phi) is 8.20. The van der Waals surface area contributed by atoms with E-state index in [1.807, 2.05) is 0 Å². The van der Waals surface area contributed by atoms with Crippen molar-refractivity contribution in [1.82, 2.24) is 0 Å². The van der Waals surface area contributed by atoms with Crippen LogP contribution in [0.1, 0.15) is 0 Å². The Bertz CT molecular complexity index is 341. The molecule has 1 rings (SSSR count). The molecule has 1 fully saturated rings. The highest BCUT2D eigenvalue weighted by molar-refractivity contribution is 4.89. The number of aliphatic hydroxyl groups excluding tert-OH is 9. The number of hydrogen-bond acceptors (Lipinski definition) is 11. The lowest BCUT2D eigenvalue weighted by molar-refractivity contribution is -0.306. The molecule has 0 aliphatic carbocycles. The first kappa shape index (κ1) is 20.6. The molecule has 0 aromatic carbocycles. The topological polar surface area (TPSA) is 201 Å². The second-order valence-corrected chi connectivity index (χ2v) is 5.33. The van der Waals surface area contributed by atoms with Crippen LogP contribution in [0, 0.1) is 0 Å². The summed E-state index contributed by atoms with van der Waals surface area (Å²) in [4.78, 5) is 0. The smallest absolute Gasteiger partial charge is 0.186 e. The van der Waals surface area contributed by atoms with Crippen LogP contribution in [0.15, 0.2) is 0 Å². The van der Waals surface area contributed by atoms with E-state index in [1.165, 1.54) is 0 Å². The van der Waals surface area contributed by atoms with Crippen molar-refractivity contribution in [2.24, 2.45) is 0 Å². The lowest BCUT2D eigenvalue weighted by atomic mass is 9.99. The second-order valence-electron chi connectivity index (χ2n) is 5.33. The third kappa shape index (κ3) is 5.01. The molecule has 0 aromatic rings. The van der Waals surface area contributed by atoms with Crippen LogP contribution < -0.4 is 0 Å². The molecule has 1 heterocycles. The van der Waals surface area contributed by atoms with E-state index in [-0.39, 0.29) is 0 Å². The predicted octanol–water partition coefficient (Wildman–Crippen LogP) is -5.76. The Balaban J connectivity index is 2.55. The van der Waals surface area contributed by atoms with Crippen molar-refractivity contribution >= 4 is 0 Å². The van der Waals surface area contributed by atoms with E-state index < -0.39 is 74.9 Å². The predicted molar refractivity (Wildman–Crippen MR) is 70.8 cm³/mol. The molecule has 1 saturated heterocycles. The molecule has 1 aliphatic heterocycles. The van der Waals surface area contributed by atoms with Gasteiger partial charge < -0.3 is 55.4 Å². The first-order valence-electron chi connectivity index (χ1n) is 6.99. The van der Waals surface area contributed by atoms with Crippen LogP contribution >= 0.6 is 0 Å². The molecule has 23 heavy (non-hydrogen) atoms. The number of aliphatic hydroxyl groups is 9. The highest BCUT2D eigenvalue weighted by atomic mass is 16.7. The van der Waals surface area contributed by atoms with Gasteiger partial charge in [-0.05, 0) is 0 Å². The highest BCUT2D eigenvalue weighted by Gasteiger charge is 2.44. The van der Waals surface area contributed by atoms with Crippen molar-refractivity contribution in [3.05, 3.63) is 0 Å². The highest BCUT2D eigenvalue weighted by Crippen LogP contribution is 2.22. The summed E-state index contributed by atoms with van der Waals surface area (Å²) in [5.41, 5.74) is 0. The van der Waals surface area contributed by atoms with Gasteiger partial charge in [0.05, 0.1) is 19.8 Å². The van der Waals surface area contributed by atoms with Gasteiger partial charge in [0.2, 0.25) is 0 Å². The van der Waals surface area contributed by atoms with E-state index in [0.29, 0.717) is 0 Å². The molecule has 138 valence electrons. The Morgan fingerprint density at radius 3 is 1.91 bits per heavy atom. The lowest BCUT2D eigenvalue weighted by Crippen LogP contribution is -2.59. The fourth-order valence-corrected chi connectivity index (χ4v) is 2.06. The number of hydrogen-bond donors (Lipinski definition) is 9. The van der Waals surface area contributed by atoms with Crippen LogP contribution in [0.2, 0.25) is 0 Å². The van der Waals surface area contributed by atoms with Crippen LogP contribution in [-0.4, -0.2) is 121 Å². The SMILES string of the molecule is OCC(O)[C@@H](O)[C@@H](O)C(O)CO[C@@H]1OC(CO)[C@H](O)[C@H](O)C1O. The van der Waals surface area contributed by atoms with Crippen molar-refractivity contribution < 1.29 is 55.4 Å². The summed E-state index contributed by atoms with van der Waals surface area (Å²) in [7, 11) is 0. The number of rotatable bonds is 8. The summed E-state index contributed by atoms with van der Waals surface area (Å²) in [6.45, 7) is -2.16. The van der Waals surface area contributed by atoms with Crippen molar-refractivity contribution in [3.63, 3.8) is 0 Å². The Morgan fingerprint density at radius 1 is 0.826 bits per heavy atom. The first-order valence-corrected chi connectivity index (χ1v) is 6.99. The molecular weight excluding hydrogens is 320 g/mol. The summed E-state index contributed by atoms with van der Waals surface area (Å²) in [5.74, 6) is 0. The first-order chi connectivity index (χ1) is 10.7. The second kappa shape index (κ2) is 9.15. The maximum atomic E-state index is 9.70. The van der Waals surface area contributed by atoms with E-state index in [9.17, 15) is 35.7 Å². The maximum Gasteiger partial charge on any atom is 0.186 e. The van der Waals surface area contributed by atoms with Crippen molar-refractivity contribution in [2.45, 2.75) is 55.1 Å². The van der Waals surface area contributed by atoms with Gasteiger partial charge in [0, 0.05) is 0 Å². The Labute approximate surface area is 131 Å². The Hall–Kier alpha value is -0.440. The van der Waals surface area contributed by atoms with Gasteiger partial charge in [-0.1, -0.05) is 0 Å². The van der Waals surface area contributed by atoms with Gasteiger partial charge in [-0.25, -0.2) is 0 Å². The number of ether oxygens (including phenoxy) is 2. The fraction of sp³-hybridized carbons (Fsp3) is 1.00. The average molecular weight is 344 g/mol. The van der Waals surface area contributed by atoms with Crippen LogP contribution in [0.3, 0.4) is 0 Å². The van der Waals surface area contributed by atoms with Crippen molar-refractivity contribution in [3.8, 4) is 0 Å². The minimum atomic E-state index is -1.86. The summed E-state index contributed by atoms with van der Waals surface area (Å²) in [6, 6.07) is 0. The molecule has 0 radical (unpaired) electrons. The molecule has 0 amide bonds. The third-order valence-corrected chi connectivity index (χ3v) is 3.61. The van der Waals surface area contributed by atoms with Crippen molar-refractivity contribution in [1.29, 1.82) is 0 Å². The van der Waals surface area contributed by atoms with Gasteiger partial charge in [-0.15, -0.1) is 0 Å². The monoisotopic (exact) mass is 344 g/mol. The van der Waals surface area contributed by atoms with Gasteiger partial charge in [0.1, 0.15) is 48.8 Å². The standard InChI is InChI=1S/C12H24O11/c13-1-4(15)7(17)8(18)5(16)3-22-12-11(21)10(20)9(19)6(2-14)23-12/h4-21H,1-3H2/t4?,5?,6?,7-,8+,9+,10+,11?,12-/m1/s1. The summed E-state index contributed by atoms with van der Waals surface area (Å²) >= 11 is 0. The summed E-state index contributed by atoms with van der Waals surface area (Å²) < 4.78 is 9.99. The molecule has 9 atom stereocenters. The zero-order valence-corrected chi connectivity index (χ0v) is 12.2. The maximum absolute atomic E-state index is 9.70. The van der Waals surface area contributed by atoms with E-state index in [2.05, 4.69) is 0 Å². The van der Waals surface area contributed by atoms with Crippen LogP contribution in [-0.2, 0) is 9.47 Å². The van der Waals surface area contributed by atoms with Gasteiger partial charge in [-0.2, -0.15) is 0 Å². The normalized spacial score (nSPS) is 37.2. The minimum absolute atomic E-state index is 0.655. The fourth-order valence-electron chi connectivity index (χ4n) is 2.06. The van der Waals surface area contributed by atoms with Crippen molar-refractivity contribution in [2.75, 3.05) is 19.8 Å².